The van der Waals surface area contributed by atoms with Crippen molar-refractivity contribution in [1.82, 2.24) is 0 Å². The van der Waals surface area contributed by atoms with Crippen molar-refractivity contribution in [2.75, 3.05) is 0 Å². The molecule has 2 aromatic rings. The van der Waals surface area contributed by atoms with Gasteiger partial charge in [-0.25, -0.2) is 4.39 Å². The maximum absolute atomic E-state index is 13.3. The summed E-state index contributed by atoms with van der Waals surface area (Å²) in [6.07, 6.45) is 0. The largest absolute Gasteiger partial charge is 0.487 e. The molecule has 0 saturated heterocycles. The Morgan fingerprint density at radius 3 is 2.80 bits per heavy atom. The molecule has 0 unspecified atom stereocenters. The summed E-state index contributed by atoms with van der Waals surface area (Å²) in [5.74, 6) is 0.499. The molecular formula is C15H10BrClFNO. The predicted octanol–water partition coefficient (Wildman–Crippen LogP) is 4.78. The maximum Gasteiger partial charge on any atom is 0.138 e. The van der Waals surface area contributed by atoms with Crippen LogP contribution in [0.5, 0.6) is 5.75 Å². The van der Waals surface area contributed by atoms with Gasteiger partial charge in [0.15, 0.2) is 0 Å². The highest BCUT2D eigenvalue weighted by atomic mass is 79.9. The first kappa shape index (κ1) is 14.8. The lowest BCUT2D eigenvalue weighted by atomic mass is 10.1. The summed E-state index contributed by atoms with van der Waals surface area (Å²) in [5, 5.41) is 8.82. The van der Waals surface area contributed by atoms with Crippen LogP contribution in [0.25, 0.3) is 0 Å². The minimum Gasteiger partial charge on any atom is -0.487 e. The van der Waals surface area contributed by atoms with Crippen LogP contribution in [0.1, 0.15) is 16.7 Å². The standard InChI is InChI=1S/C15H10BrClFNO/c16-14-3-1-2-12(7-17)15(14)20-9-11-4-10(8-19)5-13(18)6-11/h1-6H,7,9H2. The van der Waals surface area contributed by atoms with E-state index in [4.69, 9.17) is 21.6 Å². The van der Waals surface area contributed by atoms with Crippen molar-refractivity contribution in [3.8, 4) is 11.8 Å². The number of nitrogens with zero attached hydrogens (tertiary/aromatic N) is 1. The van der Waals surface area contributed by atoms with Crippen LogP contribution >= 0.6 is 27.5 Å². The zero-order chi connectivity index (χ0) is 14.5. The van der Waals surface area contributed by atoms with Crippen molar-refractivity contribution in [1.29, 1.82) is 5.26 Å². The number of alkyl halides is 1. The second-order valence-electron chi connectivity index (χ2n) is 4.11. The molecule has 0 aliphatic rings. The quantitative estimate of drug-likeness (QED) is 0.740. The van der Waals surface area contributed by atoms with E-state index in [2.05, 4.69) is 15.9 Å². The third-order valence-corrected chi connectivity index (χ3v) is 3.57. The van der Waals surface area contributed by atoms with Crippen LogP contribution in [0.4, 0.5) is 4.39 Å². The second kappa shape index (κ2) is 6.74. The van der Waals surface area contributed by atoms with Gasteiger partial charge >= 0.3 is 0 Å². The highest BCUT2D eigenvalue weighted by Crippen LogP contribution is 2.31. The van der Waals surface area contributed by atoms with Gasteiger partial charge in [-0.2, -0.15) is 5.26 Å². The molecule has 0 radical (unpaired) electrons. The first-order valence-corrected chi connectivity index (χ1v) is 7.12. The van der Waals surface area contributed by atoms with Crippen LogP contribution < -0.4 is 4.74 Å². The van der Waals surface area contributed by atoms with Crippen molar-refractivity contribution < 1.29 is 9.13 Å². The number of nitriles is 1. The van der Waals surface area contributed by atoms with Crippen LogP contribution in [0.3, 0.4) is 0 Å². The Kier molecular flexibility index (Phi) is 4.99. The molecule has 102 valence electrons. The third-order valence-electron chi connectivity index (χ3n) is 2.66. The molecule has 0 N–H and O–H groups in total. The lowest BCUT2D eigenvalue weighted by Gasteiger charge is -2.12. The first-order chi connectivity index (χ1) is 9.63. The summed E-state index contributed by atoms with van der Waals surface area (Å²) >= 11 is 9.25. The molecule has 5 heteroatoms. The van der Waals surface area contributed by atoms with Crippen molar-refractivity contribution in [3.63, 3.8) is 0 Å². The fourth-order valence-electron chi connectivity index (χ4n) is 1.77. The van der Waals surface area contributed by atoms with Gasteiger partial charge in [-0.1, -0.05) is 12.1 Å². The van der Waals surface area contributed by atoms with E-state index in [0.717, 1.165) is 10.0 Å². The van der Waals surface area contributed by atoms with Crippen LogP contribution in [0.15, 0.2) is 40.9 Å². The number of rotatable bonds is 4. The van der Waals surface area contributed by atoms with Crippen molar-refractivity contribution in [3.05, 3.63) is 63.4 Å². The number of halogens is 3. The van der Waals surface area contributed by atoms with Crippen molar-refractivity contribution in [2.45, 2.75) is 12.5 Å². The molecule has 0 heterocycles. The number of para-hydroxylation sites is 1. The average molecular weight is 355 g/mol. The van der Waals surface area contributed by atoms with Gasteiger partial charge in [-0.15, -0.1) is 11.6 Å². The zero-order valence-electron chi connectivity index (χ0n) is 10.4. The average Bonchev–Trinajstić information content (AvgIpc) is 2.45. The normalized spacial score (nSPS) is 10.1. The summed E-state index contributed by atoms with van der Waals surface area (Å²) in [6, 6.07) is 11.6. The molecule has 0 aliphatic heterocycles. The zero-order valence-corrected chi connectivity index (χ0v) is 12.7. The van der Waals surface area contributed by atoms with Crippen LogP contribution in [-0.2, 0) is 12.5 Å². The smallest absolute Gasteiger partial charge is 0.138 e. The van der Waals surface area contributed by atoms with Gasteiger partial charge in [0.05, 0.1) is 22.0 Å². The summed E-state index contributed by atoms with van der Waals surface area (Å²) in [7, 11) is 0. The summed E-state index contributed by atoms with van der Waals surface area (Å²) in [4.78, 5) is 0. The van der Waals surface area contributed by atoms with E-state index in [0.29, 0.717) is 17.2 Å². The van der Waals surface area contributed by atoms with Crippen LogP contribution in [-0.4, -0.2) is 0 Å². The second-order valence-corrected chi connectivity index (χ2v) is 5.23. The molecule has 0 bridgehead atoms. The van der Waals surface area contributed by atoms with Gasteiger partial charge in [0.2, 0.25) is 0 Å². The van der Waals surface area contributed by atoms with Gasteiger partial charge in [0.25, 0.3) is 0 Å². The van der Waals surface area contributed by atoms with E-state index in [-0.39, 0.29) is 12.2 Å². The molecule has 0 spiro atoms. The number of benzene rings is 2. The van der Waals surface area contributed by atoms with E-state index in [1.807, 2.05) is 24.3 Å². The topological polar surface area (TPSA) is 33.0 Å². The van der Waals surface area contributed by atoms with Gasteiger partial charge < -0.3 is 4.74 Å². The molecule has 0 atom stereocenters. The summed E-state index contributed by atoms with van der Waals surface area (Å²) in [6.45, 7) is 0.166. The number of ether oxygens (including phenoxy) is 1. The Bertz CT molecular complexity index is 669. The van der Waals surface area contributed by atoms with Crippen LogP contribution in [0, 0.1) is 17.1 Å². The molecule has 2 aromatic carbocycles. The van der Waals surface area contributed by atoms with Gasteiger partial charge in [0.1, 0.15) is 18.2 Å². The van der Waals surface area contributed by atoms with Crippen LogP contribution in [0.2, 0.25) is 0 Å². The number of hydrogen-bond acceptors (Lipinski definition) is 2. The van der Waals surface area contributed by atoms with E-state index in [9.17, 15) is 4.39 Å². The molecule has 20 heavy (non-hydrogen) atoms. The third kappa shape index (κ3) is 3.50. The van der Waals surface area contributed by atoms with E-state index in [1.165, 1.54) is 12.1 Å². The van der Waals surface area contributed by atoms with Crippen molar-refractivity contribution in [2.24, 2.45) is 0 Å². The minimum atomic E-state index is -0.452. The lowest BCUT2D eigenvalue weighted by Crippen LogP contribution is -2.00. The first-order valence-electron chi connectivity index (χ1n) is 5.79. The molecule has 0 saturated carbocycles. The Morgan fingerprint density at radius 2 is 2.10 bits per heavy atom. The molecular weight excluding hydrogens is 345 g/mol. The lowest BCUT2D eigenvalue weighted by molar-refractivity contribution is 0.301. The Balaban J connectivity index is 2.21. The maximum atomic E-state index is 13.3. The van der Waals surface area contributed by atoms with E-state index in [1.54, 1.807) is 6.07 Å². The Labute approximate surface area is 129 Å². The molecule has 0 aromatic heterocycles. The molecule has 0 amide bonds. The number of hydrogen-bond donors (Lipinski definition) is 0. The fourth-order valence-corrected chi connectivity index (χ4v) is 2.51. The summed E-state index contributed by atoms with van der Waals surface area (Å²) in [5.41, 5.74) is 1.71. The molecule has 0 aliphatic carbocycles. The monoisotopic (exact) mass is 353 g/mol. The highest BCUT2D eigenvalue weighted by Gasteiger charge is 2.08. The Hall–Kier alpha value is -1.57. The highest BCUT2D eigenvalue weighted by molar-refractivity contribution is 9.10. The van der Waals surface area contributed by atoms with Gasteiger partial charge in [0, 0.05) is 5.56 Å². The van der Waals surface area contributed by atoms with Gasteiger partial charge in [-0.05, 0) is 45.8 Å². The molecule has 2 nitrogen and oxygen atoms in total. The minimum absolute atomic E-state index is 0.166. The van der Waals surface area contributed by atoms with E-state index >= 15 is 0 Å². The van der Waals surface area contributed by atoms with Crippen molar-refractivity contribution >= 4 is 27.5 Å². The molecule has 2 rings (SSSR count). The SMILES string of the molecule is N#Cc1cc(F)cc(COc2c(Br)cccc2CCl)c1. The fraction of sp³-hybridized carbons (Fsp3) is 0.133. The predicted molar refractivity (Wildman–Crippen MR) is 79.1 cm³/mol. The van der Waals surface area contributed by atoms with E-state index < -0.39 is 5.82 Å². The molecule has 0 fully saturated rings. The summed E-state index contributed by atoms with van der Waals surface area (Å²) < 4.78 is 19.8. The Morgan fingerprint density at radius 1 is 1.30 bits per heavy atom. The van der Waals surface area contributed by atoms with Gasteiger partial charge in [-0.3, -0.25) is 0 Å².